The number of likely N-dealkylation sites (N-methyl/N-ethyl adjacent to an activating group) is 1. The number of aromatic nitrogens is 6. The highest BCUT2D eigenvalue weighted by atomic mass is 19.1. The summed E-state index contributed by atoms with van der Waals surface area (Å²) in [6, 6.07) is 4.37. The summed E-state index contributed by atoms with van der Waals surface area (Å²) in [7, 11) is 2.81. The molecule has 4 aromatic rings. The van der Waals surface area contributed by atoms with Crippen molar-refractivity contribution in [1.82, 2.24) is 34.7 Å². The first-order valence-corrected chi connectivity index (χ1v) is 13.9. The number of amides is 1. The molecule has 3 N–H and O–H groups in total. The van der Waals surface area contributed by atoms with E-state index in [-0.39, 0.29) is 13.2 Å². The predicted octanol–water partition coefficient (Wildman–Crippen LogP) is 0.104. The lowest BCUT2D eigenvalue weighted by atomic mass is 9.91. The molecule has 2 aliphatic heterocycles. The van der Waals surface area contributed by atoms with E-state index in [9.17, 15) is 28.9 Å². The predicted molar refractivity (Wildman–Crippen MR) is 147 cm³/mol. The van der Waals surface area contributed by atoms with Gasteiger partial charge in [-0.25, -0.2) is 23.1 Å². The van der Waals surface area contributed by atoms with Gasteiger partial charge in [0.05, 0.1) is 44.5 Å². The number of hydrogen-bond acceptors (Lipinski definition) is 11. The second kappa shape index (κ2) is 12.2. The Morgan fingerprint density at radius 2 is 1.98 bits per heavy atom. The summed E-state index contributed by atoms with van der Waals surface area (Å²) in [5, 5.41) is 45.5. The van der Waals surface area contributed by atoms with Crippen LogP contribution in [0.3, 0.4) is 0 Å². The Labute approximate surface area is 249 Å². The topological polar surface area (TPSA) is 170 Å². The summed E-state index contributed by atoms with van der Waals surface area (Å²) >= 11 is 0. The highest BCUT2D eigenvalue weighted by Gasteiger charge is 2.52. The van der Waals surface area contributed by atoms with E-state index >= 15 is 0 Å². The number of halogens is 2. The van der Waals surface area contributed by atoms with Crippen molar-refractivity contribution in [3.63, 3.8) is 0 Å². The van der Waals surface area contributed by atoms with Crippen molar-refractivity contribution in [3.05, 3.63) is 60.6 Å². The fourth-order valence-electron chi connectivity index (χ4n) is 5.90. The molecule has 2 aliphatic rings. The fraction of sp³-hybridized carbons (Fsp3) is 0.464. The van der Waals surface area contributed by atoms with Gasteiger partial charge in [-0.1, -0.05) is 17.3 Å². The number of benzene rings is 1. The molecule has 1 amide bonds. The number of carbonyl (C=O) groups is 1. The summed E-state index contributed by atoms with van der Waals surface area (Å²) in [5.74, 6) is -1.60. The molecule has 0 aliphatic carbocycles. The zero-order valence-corrected chi connectivity index (χ0v) is 23.7. The normalized spacial score (nSPS) is 29.2. The van der Waals surface area contributed by atoms with Crippen molar-refractivity contribution < 1.29 is 43.1 Å². The average Bonchev–Trinajstić information content (AvgIpc) is 3.68. The van der Waals surface area contributed by atoms with Gasteiger partial charge in [0.2, 0.25) is 0 Å². The van der Waals surface area contributed by atoms with E-state index in [0.717, 1.165) is 6.20 Å². The maximum atomic E-state index is 14.0. The van der Waals surface area contributed by atoms with Crippen LogP contribution in [0, 0.1) is 11.6 Å². The van der Waals surface area contributed by atoms with Crippen LogP contribution < -0.4 is 0 Å². The maximum Gasteiger partial charge on any atom is 0.254 e. The highest BCUT2D eigenvalue weighted by molar-refractivity contribution is 5.82. The molecule has 0 bridgehead atoms. The van der Waals surface area contributed by atoms with Gasteiger partial charge in [-0.05, 0) is 18.2 Å². The first kappa shape index (κ1) is 30.1. The molecule has 5 heterocycles. The highest BCUT2D eigenvalue weighted by Crippen LogP contribution is 2.34. The third-order valence-corrected chi connectivity index (χ3v) is 8.24. The molecule has 2 saturated heterocycles. The van der Waals surface area contributed by atoms with Gasteiger partial charge in [0.15, 0.2) is 11.8 Å². The Bertz CT molecular complexity index is 1640. The Balaban J connectivity index is 1.26. The van der Waals surface area contributed by atoms with Gasteiger partial charge in [-0.3, -0.25) is 4.79 Å². The lowest BCUT2D eigenvalue weighted by molar-refractivity contribution is -0.219. The monoisotopic (exact) mass is 615 g/mol. The molecule has 234 valence electrons. The van der Waals surface area contributed by atoms with Crippen LogP contribution in [-0.2, 0) is 19.0 Å². The number of rotatable bonds is 7. The molecule has 0 spiro atoms. The number of fused-ring (bicyclic) bond motifs is 1. The van der Waals surface area contributed by atoms with Crippen LogP contribution in [0.2, 0.25) is 0 Å². The van der Waals surface area contributed by atoms with Gasteiger partial charge in [0.25, 0.3) is 5.91 Å². The van der Waals surface area contributed by atoms with E-state index in [1.807, 2.05) is 0 Å². The standard InChI is InChI=1S/C28H31F2N7O7/c1-35(19-12-43-13-20(23(19)39)37-27-15(8-32-37)7-17(30)9-31-27)28(41)26-25(42-2)22(24(40)21(11-38)44-26)36-10-18(33-34-36)14-4-3-5-16(29)6-14/h3-10,19-26,38-40H,11-13H2,1-2H3/t19-,20+,21+,22-,23+,24-,25+,26+/m0/s1. The van der Waals surface area contributed by atoms with Crippen LogP contribution in [0.25, 0.3) is 22.3 Å². The summed E-state index contributed by atoms with van der Waals surface area (Å²) in [5.41, 5.74) is 1.11. The molecular weight excluding hydrogens is 584 g/mol. The molecule has 44 heavy (non-hydrogen) atoms. The lowest BCUT2D eigenvalue weighted by Crippen LogP contribution is -2.63. The van der Waals surface area contributed by atoms with E-state index in [2.05, 4.69) is 20.4 Å². The van der Waals surface area contributed by atoms with Crippen molar-refractivity contribution >= 4 is 16.9 Å². The summed E-state index contributed by atoms with van der Waals surface area (Å²) in [6.45, 7) is -0.567. The smallest absolute Gasteiger partial charge is 0.254 e. The third-order valence-electron chi connectivity index (χ3n) is 8.24. The van der Waals surface area contributed by atoms with Gasteiger partial charge >= 0.3 is 0 Å². The Morgan fingerprint density at radius 1 is 1.16 bits per heavy atom. The minimum atomic E-state index is -1.36. The second-order valence-electron chi connectivity index (χ2n) is 10.8. The Kier molecular flexibility index (Phi) is 8.36. The van der Waals surface area contributed by atoms with Crippen molar-refractivity contribution in [2.45, 2.75) is 48.6 Å². The summed E-state index contributed by atoms with van der Waals surface area (Å²) in [6.07, 6.45) is -2.23. The number of carbonyl (C=O) groups excluding carboxylic acids is 1. The van der Waals surface area contributed by atoms with Gasteiger partial charge in [-0.15, -0.1) is 5.10 Å². The van der Waals surface area contributed by atoms with E-state index in [0.29, 0.717) is 22.3 Å². The van der Waals surface area contributed by atoms with E-state index in [1.54, 1.807) is 6.07 Å². The lowest BCUT2D eigenvalue weighted by Gasteiger charge is -2.46. The zero-order valence-electron chi connectivity index (χ0n) is 23.7. The SMILES string of the molecule is CO[C@@H]1[C@@H](n2cc(-c3cccc(F)c3)nn2)[C@@H](O)[C@@H](CO)O[C@H]1C(=O)N(C)[C@H]1COC[C@@H](n2ncc3cc(F)cnc32)[C@@H]1O. The number of methoxy groups -OCH3 is 1. The Morgan fingerprint density at radius 3 is 2.73 bits per heavy atom. The average molecular weight is 616 g/mol. The molecular formula is C28H31F2N7O7. The number of ether oxygens (including phenoxy) is 3. The molecule has 6 rings (SSSR count). The Hall–Kier alpha value is -3.93. The molecule has 2 fully saturated rings. The van der Waals surface area contributed by atoms with Gasteiger partial charge in [-0.2, -0.15) is 5.10 Å². The second-order valence-corrected chi connectivity index (χ2v) is 10.8. The van der Waals surface area contributed by atoms with Gasteiger partial charge in [0.1, 0.15) is 53.8 Å². The van der Waals surface area contributed by atoms with Crippen molar-refractivity contribution in [1.29, 1.82) is 0 Å². The fourth-order valence-corrected chi connectivity index (χ4v) is 5.90. The van der Waals surface area contributed by atoms with Crippen molar-refractivity contribution in [3.8, 4) is 11.3 Å². The first-order valence-electron chi connectivity index (χ1n) is 13.9. The molecule has 3 aromatic heterocycles. The van der Waals surface area contributed by atoms with Crippen LogP contribution in [0.1, 0.15) is 12.1 Å². The van der Waals surface area contributed by atoms with E-state index in [4.69, 9.17) is 14.2 Å². The third kappa shape index (κ3) is 5.33. The largest absolute Gasteiger partial charge is 0.394 e. The molecule has 0 saturated carbocycles. The number of aliphatic hydroxyl groups is 3. The summed E-state index contributed by atoms with van der Waals surface area (Å²) < 4.78 is 47.6. The number of nitrogens with zero attached hydrogens (tertiary/aromatic N) is 7. The van der Waals surface area contributed by atoms with E-state index < -0.39 is 72.8 Å². The molecule has 16 heteroatoms. The number of pyridine rings is 1. The summed E-state index contributed by atoms with van der Waals surface area (Å²) in [4.78, 5) is 19.4. The minimum absolute atomic E-state index is 0.0128. The molecule has 0 radical (unpaired) electrons. The van der Waals surface area contributed by atoms with Crippen LogP contribution in [0.5, 0.6) is 0 Å². The van der Waals surface area contributed by atoms with Crippen LogP contribution in [0.15, 0.2) is 48.9 Å². The quantitative estimate of drug-likeness (QED) is 0.258. The van der Waals surface area contributed by atoms with Gasteiger partial charge < -0.3 is 34.4 Å². The molecule has 1 aromatic carbocycles. The molecule has 14 nitrogen and oxygen atoms in total. The van der Waals surface area contributed by atoms with Crippen LogP contribution in [-0.4, -0.2) is 126 Å². The van der Waals surface area contributed by atoms with Crippen LogP contribution in [0.4, 0.5) is 8.78 Å². The van der Waals surface area contributed by atoms with Crippen LogP contribution >= 0.6 is 0 Å². The van der Waals surface area contributed by atoms with Crippen molar-refractivity contribution in [2.24, 2.45) is 0 Å². The number of aliphatic hydroxyl groups excluding tert-OH is 3. The van der Waals surface area contributed by atoms with Gasteiger partial charge in [0, 0.05) is 25.1 Å². The van der Waals surface area contributed by atoms with E-state index in [1.165, 1.54) is 65.1 Å². The molecule has 8 atom stereocenters. The number of hydrogen-bond donors (Lipinski definition) is 3. The zero-order chi connectivity index (χ0) is 31.1. The van der Waals surface area contributed by atoms with Crippen molar-refractivity contribution in [2.75, 3.05) is 34.0 Å². The maximum absolute atomic E-state index is 14.0. The molecule has 0 unspecified atom stereocenters. The first-order chi connectivity index (χ1) is 21.2. The minimum Gasteiger partial charge on any atom is -0.394 e.